The number of halogens is 3. The average Bonchev–Trinajstić information content (AvgIpc) is 2.28. The molecule has 0 bridgehead atoms. The Hall–Kier alpha value is 0.110. The SMILES string of the molecule is CCCC(CBr)(CBr)Cc1cccc(F)c1. The molecule has 0 amide bonds. The molecule has 0 aliphatic heterocycles. The van der Waals surface area contributed by atoms with Crippen LogP contribution in [0.2, 0.25) is 0 Å². The summed E-state index contributed by atoms with van der Waals surface area (Å²) in [5, 5.41) is 1.88. The highest BCUT2D eigenvalue weighted by molar-refractivity contribution is 9.09. The van der Waals surface area contributed by atoms with Crippen molar-refractivity contribution >= 4 is 31.9 Å². The second-order valence-corrected chi connectivity index (χ2v) is 5.45. The van der Waals surface area contributed by atoms with Crippen LogP contribution < -0.4 is 0 Å². The number of hydrogen-bond donors (Lipinski definition) is 0. The van der Waals surface area contributed by atoms with E-state index in [9.17, 15) is 4.39 Å². The van der Waals surface area contributed by atoms with Gasteiger partial charge in [0, 0.05) is 10.7 Å². The van der Waals surface area contributed by atoms with Crippen LogP contribution in [0, 0.1) is 11.2 Å². The molecule has 1 rings (SSSR count). The van der Waals surface area contributed by atoms with Crippen molar-refractivity contribution in [1.82, 2.24) is 0 Å². The molecule has 0 radical (unpaired) electrons. The highest BCUT2D eigenvalue weighted by Gasteiger charge is 2.27. The van der Waals surface area contributed by atoms with Crippen molar-refractivity contribution in [3.8, 4) is 0 Å². The van der Waals surface area contributed by atoms with Gasteiger partial charge in [0.1, 0.15) is 5.82 Å². The van der Waals surface area contributed by atoms with Crippen molar-refractivity contribution < 1.29 is 4.39 Å². The van der Waals surface area contributed by atoms with E-state index in [-0.39, 0.29) is 11.2 Å². The molecule has 3 heteroatoms. The lowest BCUT2D eigenvalue weighted by Crippen LogP contribution is -2.27. The Morgan fingerprint density at radius 2 is 1.94 bits per heavy atom. The van der Waals surface area contributed by atoms with Crippen molar-refractivity contribution in [2.24, 2.45) is 5.41 Å². The predicted octanol–water partition coefficient (Wildman–Crippen LogP) is 4.94. The molecule has 1 aromatic carbocycles. The van der Waals surface area contributed by atoms with Crippen molar-refractivity contribution in [3.63, 3.8) is 0 Å². The van der Waals surface area contributed by atoms with Gasteiger partial charge in [0.2, 0.25) is 0 Å². The maximum absolute atomic E-state index is 13.1. The molecule has 0 N–H and O–H groups in total. The summed E-state index contributed by atoms with van der Waals surface area (Å²) >= 11 is 7.17. The molecule has 0 unspecified atom stereocenters. The van der Waals surface area contributed by atoms with Crippen LogP contribution in [0.15, 0.2) is 24.3 Å². The Morgan fingerprint density at radius 3 is 2.44 bits per heavy atom. The largest absolute Gasteiger partial charge is 0.207 e. The van der Waals surface area contributed by atoms with Gasteiger partial charge in [0.25, 0.3) is 0 Å². The van der Waals surface area contributed by atoms with Gasteiger partial charge >= 0.3 is 0 Å². The number of hydrogen-bond acceptors (Lipinski definition) is 0. The normalized spacial score (nSPS) is 11.8. The van der Waals surface area contributed by atoms with Crippen molar-refractivity contribution in [2.75, 3.05) is 10.7 Å². The molecule has 0 atom stereocenters. The summed E-state index contributed by atoms with van der Waals surface area (Å²) in [4.78, 5) is 0. The van der Waals surface area contributed by atoms with Crippen LogP contribution in [-0.2, 0) is 6.42 Å². The molecule has 0 saturated carbocycles. The molecule has 0 saturated heterocycles. The maximum atomic E-state index is 13.1. The van der Waals surface area contributed by atoms with Gasteiger partial charge in [-0.2, -0.15) is 0 Å². The number of alkyl halides is 2. The van der Waals surface area contributed by atoms with Crippen LogP contribution in [0.4, 0.5) is 4.39 Å². The maximum Gasteiger partial charge on any atom is 0.123 e. The van der Waals surface area contributed by atoms with Crippen LogP contribution in [0.5, 0.6) is 0 Å². The lowest BCUT2D eigenvalue weighted by molar-refractivity contribution is 0.351. The third-order valence-electron chi connectivity index (χ3n) is 2.82. The lowest BCUT2D eigenvalue weighted by Gasteiger charge is -2.29. The van der Waals surface area contributed by atoms with Gasteiger partial charge in [-0.15, -0.1) is 0 Å². The Bertz CT molecular complexity index is 321. The van der Waals surface area contributed by atoms with Gasteiger partial charge in [-0.25, -0.2) is 4.39 Å². The highest BCUT2D eigenvalue weighted by Crippen LogP contribution is 2.33. The van der Waals surface area contributed by atoms with Gasteiger partial charge in [-0.1, -0.05) is 57.3 Å². The fraction of sp³-hybridized carbons (Fsp3) is 0.538. The zero-order valence-corrected chi connectivity index (χ0v) is 12.7. The fourth-order valence-electron chi connectivity index (χ4n) is 1.96. The molecule has 0 heterocycles. The first-order valence-electron chi connectivity index (χ1n) is 5.52. The first-order valence-corrected chi connectivity index (χ1v) is 7.76. The van der Waals surface area contributed by atoms with E-state index in [0.29, 0.717) is 0 Å². The van der Waals surface area contributed by atoms with E-state index in [4.69, 9.17) is 0 Å². The molecular formula is C13H17Br2F. The summed E-state index contributed by atoms with van der Waals surface area (Å²) in [7, 11) is 0. The Balaban J connectivity index is 2.82. The van der Waals surface area contributed by atoms with Gasteiger partial charge in [-0.05, 0) is 36.0 Å². The van der Waals surface area contributed by atoms with E-state index < -0.39 is 0 Å². The minimum Gasteiger partial charge on any atom is -0.207 e. The van der Waals surface area contributed by atoms with E-state index in [1.54, 1.807) is 12.1 Å². The van der Waals surface area contributed by atoms with E-state index in [1.807, 2.05) is 6.07 Å². The molecule has 0 fully saturated rings. The average molecular weight is 352 g/mol. The second kappa shape index (κ2) is 6.75. The Labute approximate surface area is 114 Å². The van der Waals surface area contributed by atoms with E-state index in [0.717, 1.165) is 35.5 Å². The van der Waals surface area contributed by atoms with Crippen molar-refractivity contribution in [2.45, 2.75) is 26.2 Å². The summed E-state index contributed by atoms with van der Waals surface area (Å²) < 4.78 is 13.1. The molecule has 1 aromatic rings. The van der Waals surface area contributed by atoms with E-state index in [1.165, 1.54) is 6.07 Å². The Kier molecular flexibility index (Phi) is 5.98. The van der Waals surface area contributed by atoms with Crippen molar-refractivity contribution in [3.05, 3.63) is 35.6 Å². The molecule has 0 aliphatic rings. The summed E-state index contributed by atoms with van der Waals surface area (Å²) in [5.41, 5.74) is 1.27. The quantitative estimate of drug-likeness (QED) is 0.636. The third kappa shape index (κ3) is 3.85. The van der Waals surface area contributed by atoms with E-state index in [2.05, 4.69) is 38.8 Å². The summed E-state index contributed by atoms with van der Waals surface area (Å²) in [6, 6.07) is 6.91. The monoisotopic (exact) mass is 350 g/mol. The van der Waals surface area contributed by atoms with E-state index >= 15 is 0 Å². The first-order chi connectivity index (χ1) is 7.65. The zero-order chi connectivity index (χ0) is 12.0. The predicted molar refractivity (Wildman–Crippen MR) is 75.0 cm³/mol. The van der Waals surface area contributed by atoms with Crippen LogP contribution in [-0.4, -0.2) is 10.7 Å². The summed E-state index contributed by atoms with van der Waals surface area (Å²) in [6.45, 7) is 2.19. The molecule has 0 aromatic heterocycles. The minimum absolute atomic E-state index is 0.146. The van der Waals surface area contributed by atoms with Crippen molar-refractivity contribution in [1.29, 1.82) is 0 Å². The molecule has 0 nitrogen and oxygen atoms in total. The van der Waals surface area contributed by atoms with Gasteiger partial charge in [-0.3, -0.25) is 0 Å². The smallest absolute Gasteiger partial charge is 0.123 e. The van der Waals surface area contributed by atoms with Crippen LogP contribution >= 0.6 is 31.9 Å². The first kappa shape index (κ1) is 14.2. The topological polar surface area (TPSA) is 0 Å². The molecule has 16 heavy (non-hydrogen) atoms. The molecule has 0 aliphatic carbocycles. The standard InChI is InChI=1S/C13H17Br2F/c1-2-6-13(9-14,10-15)8-11-4-3-5-12(16)7-11/h3-5,7H,2,6,8-10H2,1H3. The Morgan fingerprint density at radius 1 is 1.25 bits per heavy atom. The highest BCUT2D eigenvalue weighted by atomic mass is 79.9. The molecule has 0 spiro atoms. The van der Waals surface area contributed by atoms with Gasteiger partial charge < -0.3 is 0 Å². The van der Waals surface area contributed by atoms with Crippen LogP contribution in [0.25, 0.3) is 0 Å². The summed E-state index contributed by atoms with van der Waals surface area (Å²) in [5.74, 6) is -0.146. The van der Waals surface area contributed by atoms with Gasteiger partial charge in [0.15, 0.2) is 0 Å². The zero-order valence-electron chi connectivity index (χ0n) is 9.48. The number of benzene rings is 1. The third-order valence-corrected chi connectivity index (χ3v) is 5.19. The summed E-state index contributed by atoms with van der Waals surface area (Å²) in [6.07, 6.45) is 3.20. The molecule has 90 valence electrons. The lowest BCUT2D eigenvalue weighted by atomic mass is 9.82. The second-order valence-electron chi connectivity index (χ2n) is 4.32. The number of rotatable bonds is 6. The minimum atomic E-state index is -0.146. The molecular weight excluding hydrogens is 335 g/mol. The fourth-order valence-corrected chi connectivity index (χ4v) is 3.85. The van der Waals surface area contributed by atoms with Gasteiger partial charge in [0.05, 0.1) is 0 Å². The van der Waals surface area contributed by atoms with Crippen LogP contribution in [0.3, 0.4) is 0 Å². The van der Waals surface area contributed by atoms with Crippen LogP contribution in [0.1, 0.15) is 25.3 Å².